The van der Waals surface area contributed by atoms with Crippen molar-refractivity contribution in [2.75, 3.05) is 18.9 Å². The van der Waals surface area contributed by atoms with E-state index in [1.54, 1.807) is 11.0 Å². The number of sulfonamides is 1. The van der Waals surface area contributed by atoms with Crippen LogP contribution in [0.5, 0.6) is 5.75 Å². The summed E-state index contributed by atoms with van der Waals surface area (Å²) in [5, 5.41) is 2.66. The number of carbonyl (C=O) groups excluding carboxylic acids is 1. The smallest absolute Gasteiger partial charge is 0.422 e. The molecule has 0 saturated heterocycles. The number of amidine groups is 1. The van der Waals surface area contributed by atoms with Crippen LogP contribution in [0.15, 0.2) is 52.6 Å². The number of amides is 1. The van der Waals surface area contributed by atoms with Gasteiger partial charge in [-0.2, -0.15) is 13.2 Å². The van der Waals surface area contributed by atoms with Gasteiger partial charge in [0, 0.05) is 19.3 Å². The van der Waals surface area contributed by atoms with Gasteiger partial charge in [-0.1, -0.05) is 12.1 Å². The lowest BCUT2D eigenvalue weighted by atomic mass is 10.1. The molecular weight excluding hydrogens is 399 g/mol. The second-order valence-corrected chi connectivity index (χ2v) is 7.84. The second-order valence-electron chi connectivity index (χ2n) is 6.08. The minimum absolute atomic E-state index is 0.0521. The van der Waals surface area contributed by atoms with Gasteiger partial charge in [-0.25, -0.2) is 8.42 Å². The van der Waals surface area contributed by atoms with Gasteiger partial charge in [0.1, 0.15) is 11.6 Å². The number of rotatable bonds is 5. The first-order valence-electron chi connectivity index (χ1n) is 8.17. The van der Waals surface area contributed by atoms with E-state index >= 15 is 0 Å². The molecule has 0 spiro atoms. The monoisotopic (exact) mass is 415 g/mol. The molecule has 0 fully saturated rings. The Balaban J connectivity index is 1.59. The molecule has 2 aliphatic heterocycles. The number of carbonyl (C=O) groups is 1. The summed E-state index contributed by atoms with van der Waals surface area (Å²) >= 11 is 0. The molecule has 11 heteroatoms. The molecule has 7 nitrogen and oxygen atoms in total. The average molecular weight is 415 g/mol. The summed E-state index contributed by atoms with van der Waals surface area (Å²) in [5.74, 6) is -0.251. The van der Waals surface area contributed by atoms with E-state index in [9.17, 15) is 26.4 Å². The van der Waals surface area contributed by atoms with Gasteiger partial charge in [-0.3, -0.25) is 4.79 Å². The lowest BCUT2D eigenvalue weighted by molar-refractivity contribution is -0.153. The number of halogens is 3. The molecule has 28 heavy (non-hydrogen) atoms. The van der Waals surface area contributed by atoms with Gasteiger partial charge < -0.3 is 15.0 Å². The Morgan fingerprint density at radius 3 is 2.82 bits per heavy atom. The molecule has 1 aromatic rings. The minimum atomic E-state index is -4.43. The van der Waals surface area contributed by atoms with Crippen LogP contribution in [0.25, 0.3) is 0 Å². The Bertz CT molecular complexity index is 968. The van der Waals surface area contributed by atoms with Gasteiger partial charge >= 0.3 is 6.18 Å². The summed E-state index contributed by atoms with van der Waals surface area (Å²) in [6, 6.07) is 5.99. The average Bonchev–Trinajstić information content (AvgIpc) is 2.63. The van der Waals surface area contributed by atoms with Crippen molar-refractivity contribution in [3.05, 3.63) is 53.8 Å². The van der Waals surface area contributed by atoms with E-state index in [1.807, 2.05) is 0 Å². The van der Waals surface area contributed by atoms with Crippen molar-refractivity contribution in [3.8, 4) is 5.75 Å². The Kier molecular flexibility index (Phi) is 5.45. The van der Waals surface area contributed by atoms with Crippen LogP contribution in [-0.2, 0) is 21.4 Å². The summed E-state index contributed by atoms with van der Waals surface area (Å²) in [6.07, 6.45) is -0.0305. The van der Waals surface area contributed by atoms with Crippen molar-refractivity contribution in [1.29, 1.82) is 0 Å². The zero-order valence-electron chi connectivity index (χ0n) is 14.4. The predicted octanol–water partition coefficient (Wildman–Crippen LogP) is 1.74. The molecule has 0 unspecified atom stereocenters. The van der Waals surface area contributed by atoms with Crippen LogP contribution in [0.3, 0.4) is 0 Å². The van der Waals surface area contributed by atoms with E-state index in [0.29, 0.717) is 11.1 Å². The van der Waals surface area contributed by atoms with Crippen LogP contribution >= 0.6 is 0 Å². The van der Waals surface area contributed by atoms with E-state index in [-0.39, 0.29) is 30.4 Å². The first-order valence-corrected chi connectivity index (χ1v) is 9.78. The third-order valence-corrected chi connectivity index (χ3v) is 5.00. The lowest BCUT2D eigenvalue weighted by Gasteiger charge is -2.26. The number of fused-ring (bicyclic) bond motifs is 1. The first kappa shape index (κ1) is 19.9. The van der Waals surface area contributed by atoms with Crippen molar-refractivity contribution in [2.24, 2.45) is 4.40 Å². The number of ether oxygens (including phenoxy) is 1. The highest BCUT2D eigenvalue weighted by Gasteiger charge is 2.28. The van der Waals surface area contributed by atoms with Crippen LogP contribution < -0.4 is 10.1 Å². The molecule has 1 aromatic carbocycles. The molecule has 3 rings (SSSR count). The summed E-state index contributed by atoms with van der Waals surface area (Å²) in [4.78, 5) is 13.9. The SMILES string of the molecule is O=C(NCc1cccc(OCC(F)(F)F)c1)C1=CN2CCS(=O)(=O)N=C2C=C1. The standard InChI is InChI=1S/C17H16F3N3O4S/c18-17(19,20)11-27-14-3-1-2-12(8-14)9-21-16(24)13-4-5-15-22-28(25,26)7-6-23(15)10-13/h1-5,8,10H,6-7,9,11H2,(H,21,24). The maximum Gasteiger partial charge on any atom is 0.422 e. The predicted molar refractivity (Wildman–Crippen MR) is 95.0 cm³/mol. The van der Waals surface area contributed by atoms with Gasteiger partial charge in [0.05, 0.1) is 11.3 Å². The molecule has 2 aliphatic rings. The number of alkyl halides is 3. The van der Waals surface area contributed by atoms with Gasteiger partial charge in [0.25, 0.3) is 15.9 Å². The van der Waals surface area contributed by atoms with Crippen LogP contribution in [0.2, 0.25) is 0 Å². The third kappa shape index (κ3) is 5.35. The van der Waals surface area contributed by atoms with E-state index < -0.39 is 28.7 Å². The van der Waals surface area contributed by atoms with E-state index in [1.165, 1.54) is 36.6 Å². The summed E-state index contributed by atoms with van der Waals surface area (Å²) < 4.78 is 67.9. The summed E-state index contributed by atoms with van der Waals surface area (Å²) in [5.41, 5.74) is 0.877. The molecule has 0 saturated carbocycles. The quantitative estimate of drug-likeness (QED) is 0.792. The van der Waals surface area contributed by atoms with Crippen LogP contribution in [0, 0.1) is 0 Å². The maximum atomic E-state index is 12.3. The van der Waals surface area contributed by atoms with Crippen molar-refractivity contribution in [3.63, 3.8) is 0 Å². The van der Waals surface area contributed by atoms with Crippen molar-refractivity contribution >= 4 is 21.8 Å². The molecule has 0 radical (unpaired) electrons. The van der Waals surface area contributed by atoms with Crippen LogP contribution in [0.1, 0.15) is 5.56 Å². The number of benzene rings is 1. The molecule has 1 amide bonds. The van der Waals surface area contributed by atoms with Gasteiger partial charge in [-0.05, 0) is 29.8 Å². The molecule has 0 aromatic heterocycles. The van der Waals surface area contributed by atoms with E-state index in [0.717, 1.165) is 0 Å². The fraction of sp³-hybridized carbons (Fsp3) is 0.294. The van der Waals surface area contributed by atoms with Gasteiger partial charge in [0.2, 0.25) is 0 Å². The zero-order chi connectivity index (χ0) is 20.4. The highest BCUT2D eigenvalue weighted by atomic mass is 32.2. The molecule has 0 atom stereocenters. The third-order valence-electron chi connectivity index (χ3n) is 3.84. The fourth-order valence-electron chi connectivity index (χ4n) is 2.53. The van der Waals surface area contributed by atoms with Crippen molar-refractivity contribution in [1.82, 2.24) is 10.2 Å². The molecule has 0 aliphatic carbocycles. The van der Waals surface area contributed by atoms with Crippen molar-refractivity contribution < 1.29 is 31.1 Å². The number of hydrogen-bond donors (Lipinski definition) is 1. The Morgan fingerprint density at radius 2 is 2.07 bits per heavy atom. The Morgan fingerprint density at radius 1 is 1.29 bits per heavy atom. The normalized spacial score (nSPS) is 18.0. The highest BCUT2D eigenvalue weighted by molar-refractivity contribution is 7.90. The Hall–Kier alpha value is -2.82. The topological polar surface area (TPSA) is 88.1 Å². The molecule has 1 N–H and O–H groups in total. The van der Waals surface area contributed by atoms with Gasteiger partial charge in [-0.15, -0.1) is 4.40 Å². The van der Waals surface area contributed by atoms with E-state index in [2.05, 4.69) is 14.5 Å². The summed E-state index contributed by atoms with van der Waals surface area (Å²) in [7, 11) is -3.47. The summed E-state index contributed by atoms with van der Waals surface area (Å²) in [6.45, 7) is -1.11. The number of nitrogens with one attached hydrogen (secondary N) is 1. The Labute approximate surface area is 159 Å². The molecule has 150 valence electrons. The largest absolute Gasteiger partial charge is 0.484 e. The van der Waals surface area contributed by atoms with Crippen LogP contribution in [0.4, 0.5) is 13.2 Å². The van der Waals surface area contributed by atoms with E-state index in [4.69, 9.17) is 0 Å². The number of nitrogens with zero attached hydrogens (tertiary/aromatic N) is 2. The van der Waals surface area contributed by atoms with Crippen molar-refractivity contribution in [2.45, 2.75) is 12.7 Å². The van der Waals surface area contributed by atoms with Crippen LogP contribution in [-0.4, -0.2) is 50.1 Å². The van der Waals surface area contributed by atoms with Gasteiger partial charge in [0.15, 0.2) is 6.61 Å². The lowest BCUT2D eigenvalue weighted by Crippen LogP contribution is -2.38. The maximum absolute atomic E-state index is 12.3. The number of hydrogen-bond acceptors (Lipinski definition) is 5. The molecule has 2 heterocycles. The second kappa shape index (κ2) is 7.66. The minimum Gasteiger partial charge on any atom is -0.484 e. The highest BCUT2D eigenvalue weighted by Crippen LogP contribution is 2.20. The zero-order valence-corrected chi connectivity index (χ0v) is 15.3. The molecular formula is C17H16F3N3O4S. The fourth-order valence-corrected chi connectivity index (χ4v) is 3.50. The first-order chi connectivity index (χ1) is 13.1. The molecule has 0 bridgehead atoms.